The van der Waals surface area contributed by atoms with Gasteiger partial charge in [0.1, 0.15) is 22.6 Å². The van der Waals surface area contributed by atoms with Gasteiger partial charge in [0.2, 0.25) is 10.0 Å². The molecule has 4 heterocycles. The van der Waals surface area contributed by atoms with E-state index in [0.29, 0.717) is 36.4 Å². The third kappa shape index (κ3) is 4.86. The van der Waals surface area contributed by atoms with Gasteiger partial charge in [-0.2, -0.15) is 9.40 Å². The van der Waals surface area contributed by atoms with Crippen LogP contribution in [0.5, 0.6) is 0 Å². The Bertz CT molecular complexity index is 1490. The van der Waals surface area contributed by atoms with Gasteiger partial charge in [0, 0.05) is 37.4 Å². The van der Waals surface area contributed by atoms with Crippen LogP contribution in [0.2, 0.25) is 5.15 Å². The number of carbonyl (C=O) groups excluding carboxylic acids is 1. The van der Waals surface area contributed by atoms with Crippen molar-refractivity contribution in [2.45, 2.75) is 49.7 Å². The summed E-state index contributed by atoms with van der Waals surface area (Å²) in [5.74, 6) is -2.09. The number of carbonyl (C=O) groups is 1. The van der Waals surface area contributed by atoms with Crippen LogP contribution in [-0.2, 0) is 26.8 Å². The Morgan fingerprint density at radius 1 is 1.16 bits per heavy atom. The van der Waals surface area contributed by atoms with E-state index >= 15 is 0 Å². The second-order valence-corrected chi connectivity index (χ2v) is 11.9. The maximum atomic E-state index is 13.8. The highest BCUT2D eigenvalue weighted by Gasteiger charge is 2.48. The predicted octanol–water partition coefficient (Wildman–Crippen LogP) is 4.02. The molecule has 38 heavy (non-hydrogen) atoms. The minimum atomic E-state index is -4.31. The summed E-state index contributed by atoms with van der Waals surface area (Å²) < 4.78 is 60.8. The normalized spacial score (nSPS) is 17.8. The van der Waals surface area contributed by atoms with Crippen molar-refractivity contribution in [1.82, 2.24) is 19.5 Å². The number of nitrogens with zero attached hydrogens (tertiary/aromatic N) is 3. The fourth-order valence-electron chi connectivity index (χ4n) is 4.72. The van der Waals surface area contributed by atoms with E-state index in [9.17, 15) is 22.0 Å². The number of aromatic nitrogens is 3. The lowest BCUT2D eigenvalue weighted by Crippen LogP contribution is -2.40. The summed E-state index contributed by atoms with van der Waals surface area (Å²) in [6.45, 7) is 4.28. The molecule has 0 spiro atoms. The fourth-order valence-corrected chi connectivity index (χ4v) is 6.64. The van der Waals surface area contributed by atoms with Crippen molar-refractivity contribution in [2.24, 2.45) is 0 Å². The number of pyridine rings is 1. The molecule has 0 aliphatic carbocycles. The summed E-state index contributed by atoms with van der Waals surface area (Å²) in [6, 6.07) is 5.23. The molecule has 202 valence electrons. The molecule has 5 rings (SSSR count). The highest BCUT2D eigenvalue weighted by Crippen LogP contribution is 2.44. The standard InChI is InChI=1S/C24H25ClF2N6O4S/c1-24(2)20-18(12-33(24)38(35,36)16-10-13(26)9-14(27)11-16)22(32-31-20)30-23(34)17-3-4-19(25)29-21(17)28-15-5-7-37-8-6-15/h3-4,9-11,15H,5-8,12H2,1-2H3,(H,28,29)(H2,30,31,32,34). The Morgan fingerprint density at radius 3 is 2.53 bits per heavy atom. The minimum absolute atomic E-state index is 0.0584. The maximum Gasteiger partial charge on any atom is 0.260 e. The average Bonchev–Trinajstić information content (AvgIpc) is 3.37. The number of anilines is 2. The Kier molecular flexibility index (Phi) is 6.88. The van der Waals surface area contributed by atoms with E-state index in [1.807, 2.05) is 0 Å². The maximum absolute atomic E-state index is 13.8. The largest absolute Gasteiger partial charge is 0.381 e. The van der Waals surface area contributed by atoms with Gasteiger partial charge in [0.15, 0.2) is 5.82 Å². The molecule has 2 aliphatic heterocycles. The van der Waals surface area contributed by atoms with E-state index in [1.54, 1.807) is 19.9 Å². The molecular formula is C24H25ClF2N6O4S. The molecule has 2 aliphatic rings. The van der Waals surface area contributed by atoms with Gasteiger partial charge in [-0.05, 0) is 51.0 Å². The number of halogens is 3. The Labute approximate surface area is 222 Å². The van der Waals surface area contributed by atoms with Gasteiger partial charge in [-0.1, -0.05) is 11.6 Å². The van der Waals surface area contributed by atoms with Crippen LogP contribution < -0.4 is 10.6 Å². The molecule has 1 saturated heterocycles. The van der Waals surface area contributed by atoms with Crippen molar-refractivity contribution in [3.63, 3.8) is 0 Å². The highest BCUT2D eigenvalue weighted by atomic mass is 35.5. The summed E-state index contributed by atoms with van der Waals surface area (Å²) in [4.78, 5) is 17.1. The first-order chi connectivity index (χ1) is 18.0. The lowest BCUT2D eigenvalue weighted by molar-refractivity contribution is 0.0903. The van der Waals surface area contributed by atoms with Crippen LogP contribution in [0.3, 0.4) is 0 Å². The van der Waals surface area contributed by atoms with Crippen LogP contribution >= 0.6 is 11.6 Å². The van der Waals surface area contributed by atoms with Gasteiger partial charge < -0.3 is 15.4 Å². The molecule has 3 aromatic rings. The van der Waals surface area contributed by atoms with Crippen molar-refractivity contribution < 1.29 is 26.7 Å². The molecule has 0 saturated carbocycles. The summed E-state index contributed by atoms with van der Waals surface area (Å²) in [7, 11) is -4.31. The number of amides is 1. The molecule has 0 bridgehead atoms. The number of benzene rings is 1. The number of aromatic amines is 1. The number of hydrogen-bond acceptors (Lipinski definition) is 7. The number of fused-ring (bicyclic) bond motifs is 1. The van der Waals surface area contributed by atoms with Crippen molar-refractivity contribution in [3.8, 4) is 0 Å². The first-order valence-corrected chi connectivity index (χ1v) is 13.7. The molecule has 1 aromatic carbocycles. The molecule has 1 amide bonds. The van der Waals surface area contributed by atoms with E-state index in [1.165, 1.54) is 6.07 Å². The SMILES string of the molecule is CC1(C)c2[nH]nc(NC(=O)c3ccc(Cl)nc3NC3CCOCC3)c2CN1S(=O)(=O)c1cc(F)cc(F)c1. The van der Waals surface area contributed by atoms with Crippen LogP contribution in [-0.4, -0.2) is 53.1 Å². The predicted molar refractivity (Wildman–Crippen MR) is 135 cm³/mol. The second-order valence-electron chi connectivity index (χ2n) is 9.62. The lowest BCUT2D eigenvalue weighted by atomic mass is 10.0. The summed E-state index contributed by atoms with van der Waals surface area (Å²) in [6.07, 6.45) is 1.49. The van der Waals surface area contributed by atoms with Crippen LogP contribution in [0.15, 0.2) is 35.2 Å². The molecule has 14 heteroatoms. The summed E-state index contributed by atoms with van der Waals surface area (Å²) >= 11 is 6.08. The molecule has 0 atom stereocenters. The van der Waals surface area contributed by atoms with E-state index in [2.05, 4.69) is 25.8 Å². The van der Waals surface area contributed by atoms with Crippen LogP contribution in [0.25, 0.3) is 0 Å². The second kappa shape index (κ2) is 9.88. The Hall–Kier alpha value is -3.13. The van der Waals surface area contributed by atoms with Crippen molar-refractivity contribution >= 4 is 39.2 Å². The molecular weight excluding hydrogens is 542 g/mol. The first-order valence-electron chi connectivity index (χ1n) is 11.9. The van der Waals surface area contributed by atoms with E-state index in [4.69, 9.17) is 16.3 Å². The van der Waals surface area contributed by atoms with Crippen molar-refractivity contribution in [2.75, 3.05) is 23.8 Å². The van der Waals surface area contributed by atoms with Gasteiger partial charge in [0.25, 0.3) is 5.91 Å². The first kappa shape index (κ1) is 26.5. The van der Waals surface area contributed by atoms with Crippen molar-refractivity contribution in [1.29, 1.82) is 0 Å². The Balaban J connectivity index is 1.41. The van der Waals surface area contributed by atoms with E-state index in [-0.39, 0.29) is 29.1 Å². The zero-order chi connectivity index (χ0) is 27.2. The van der Waals surface area contributed by atoms with Gasteiger partial charge >= 0.3 is 0 Å². The van der Waals surface area contributed by atoms with Crippen LogP contribution in [0, 0.1) is 11.6 Å². The molecule has 2 aromatic heterocycles. The highest BCUT2D eigenvalue weighted by molar-refractivity contribution is 7.89. The Morgan fingerprint density at radius 2 is 1.84 bits per heavy atom. The smallest absolute Gasteiger partial charge is 0.260 e. The number of sulfonamides is 1. The average molecular weight is 567 g/mol. The third-order valence-electron chi connectivity index (χ3n) is 6.73. The van der Waals surface area contributed by atoms with Gasteiger partial charge in [-0.3, -0.25) is 9.89 Å². The topological polar surface area (TPSA) is 129 Å². The fraction of sp³-hybridized carbons (Fsp3) is 0.375. The van der Waals surface area contributed by atoms with Crippen LogP contribution in [0.1, 0.15) is 48.3 Å². The number of hydrogen-bond donors (Lipinski definition) is 3. The lowest BCUT2D eigenvalue weighted by Gasteiger charge is -2.30. The van der Waals surface area contributed by atoms with Gasteiger partial charge in [0.05, 0.1) is 21.7 Å². The van der Waals surface area contributed by atoms with E-state index < -0.39 is 38.0 Å². The summed E-state index contributed by atoms with van der Waals surface area (Å²) in [5.41, 5.74) is -0.0350. The third-order valence-corrected chi connectivity index (χ3v) is 8.94. The number of H-pyrrole nitrogens is 1. The minimum Gasteiger partial charge on any atom is -0.381 e. The zero-order valence-corrected chi connectivity index (χ0v) is 22.1. The quantitative estimate of drug-likeness (QED) is 0.384. The van der Waals surface area contributed by atoms with Gasteiger partial charge in [-0.25, -0.2) is 22.2 Å². The number of nitrogens with one attached hydrogen (secondary N) is 3. The number of rotatable bonds is 6. The molecule has 1 fully saturated rings. The molecule has 0 radical (unpaired) electrons. The monoisotopic (exact) mass is 566 g/mol. The summed E-state index contributed by atoms with van der Waals surface area (Å²) in [5, 5.41) is 13.2. The van der Waals surface area contributed by atoms with Crippen molar-refractivity contribution in [3.05, 3.63) is 63.9 Å². The molecule has 3 N–H and O–H groups in total. The molecule has 0 unspecified atom stereocenters. The zero-order valence-electron chi connectivity index (χ0n) is 20.5. The van der Waals surface area contributed by atoms with Crippen LogP contribution in [0.4, 0.5) is 20.4 Å². The molecule has 10 nitrogen and oxygen atoms in total. The van der Waals surface area contributed by atoms with E-state index in [0.717, 1.165) is 29.3 Å². The van der Waals surface area contributed by atoms with Gasteiger partial charge in [-0.15, -0.1) is 0 Å². The number of ether oxygens (including phenoxy) is 1.